The van der Waals surface area contributed by atoms with Crippen molar-refractivity contribution >= 4 is 23.9 Å². The number of aliphatic hydroxyl groups excluding tert-OH is 1. The number of Topliss-reactive ketones (excluding diaryl/α,β-unsaturated/α-hetero) is 1. The first kappa shape index (κ1) is 30.8. The zero-order valence-corrected chi connectivity index (χ0v) is 17.0. The van der Waals surface area contributed by atoms with Crippen molar-refractivity contribution in [2.24, 2.45) is 0 Å². The minimum atomic E-state index is -0.750. The van der Waals surface area contributed by atoms with E-state index in [9.17, 15) is 14.4 Å². The van der Waals surface area contributed by atoms with Gasteiger partial charge in [0.05, 0.1) is 19.3 Å². The van der Waals surface area contributed by atoms with Crippen LogP contribution in [0.3, 0.4) is 0 Å². The lowest BCUT2D eigenvalue weighted by molar-refractivity contribution is -0.191. The molecule has 2 N–H and O–H groups in total. The number of benzene rings is 1. The Kier molecular flexibility index (Phi) is 24.6. The Labute approximate surface area is 169 Å². The van der Waals surface area contributed by atoms with Crippen LogP contribution < -0.4 is 0 Å². The fourth-order valence-corrected chi connectivity index (χ4v) is 1.45. The molecule has 0 bridgehead atoms. The molecule has 1 rings (SSSR count). The number of esters is 2. The highest BCUT2D eigenvalue weighted by Gasteiger charge is 2.07. The Morgan fingerprint density at radius 2 is 1.41 bits per heavy atom. The van der Waals surface area contributed by atoms with E-state index in [0.29, 0.717) is 24.2 Å². The first-order valence-electron chi connectivity index (χ1n) is 8.34. The number of carbonyl (C=O) groups is 3. The number of ether oxygens (including phenoxy) is 3. The van der Waals surface area contributed by atoms with Crippen LogP contribution in [0.15, 0.2) is 24.3 Å². The fraction of sp³-hybridized carbons (Fsp3) is 0.474. The molecule has 0 radical (unpaired) electrons. The SMILES string of the molecule is CCCC(=O)OC.COCCOC(=O)c1ccc(C(C)=O)cc1.O=C=O.OCO. The van der Waals surface area contributed by atoms with Crippen molar-refractivity contribution in [2.75, 3.05) is 34.2 Å². The van der Waals surface area contributed by atoms with E-state index >= 15 is 0 Å². The summed E-state index contributed by atoms with van der Waals surface area (Å²) in [6.45, 7) is 3.27. The molecule has 0 aromatic heterocycles. The number of carbonyl (C=O) groups excluding carboxylic acids is 5. The molecule has 0 amide bonds. The maximum atomic E-state index is 11.4. The van der Waals surface area contributed by atoms with Gasteiger partial charge < -0.3 is 24.4 Å². The van der Waals surface area contributed by atoms with Crippen LogP contribution in [0.4, 0.5) is 0 Å². The van der Waals surface area contributed by atoms with Gasteiger partial charge in [0.1, 0.15) is 13.4 Å². The summed E-state index contributed by atoms with van der Waals surface area (Å²) in [6, 6.07) is 6.36. The first-order valence-corrected chi connectivity index (χ1v) is 8.34. The largest absolute Gasteiger partial charge is 0.469 e. The van der Waals surface area contributed by atoms with Crippen molar-refractivity contribution in [1.29, 1.82) is 0 Å². The molecule has 0 aliphatic heterocycles. The lowest BCUT2D eigenvalue weighted by Gasteiger charge is -2.04. The van der Waals surface area contributed by atoms with E-state index in [2.05, 4.69) is 4.74 Å². The maximum absolute atomic E-state index is 11.4. The average molecular weight is 416 g/mol. The predicted octanol–water partition coefficient (Wildman–Crippen LogP) is 0.997. The summed E-state index contributed by atoms with van der Waals surface area (Å²) >= 11 is 0. The van der Waals surface area contributed by atoms with Crippen LogP contribution in [0.5, 0.6) is 0 Å². The van der Waals surface area contributed by atoms with E-state index in [4.69, 9.17) is 29.3 Å². The second-order valence-electron chi connectivity index (χ2n) is 4.81. The number of rotatable bonds is 7. The number of aliphatic hydroxyl groups is 2. The molecule has 0 aliphatic carbocycles. The second-order valence-corrected chi connectivity index (χ2v) is 4.81. The molecule has 10 nitrogen and oxygen atoms in total. The fourth-order valence-electron chi connectivity index (χ4n) is 1.45. The van der Waals surface area contributed by atoms with Crippen molar-refractivity contribution in [3.8, 4) is 0 Å². The number of methoxy groups -OCH3 is 2. The van der Waals surface area contributed by atoms with Crippen molar-refractivity contribution in [1.82, 2.24) is 0 Å². The summed E-state index contributed by atoms with van der Waals surface area (Å²) in [6.07, 6.45) is 1.66. The predicted molar refractivity (Wildman–Crippen MR) is 99.8 cm³/mol. The Morgan fingerprint density at radius 1 is 0.966 bits per heavy atom. The van der Waals surface area contributed by atoms with Crippen LogP contribution in [0, 0.1) is 0 Å². The van der Waals surface area contributed by atoms with Gasteiger partial charge in [-0.25, -0.2) is 4.79 Å². The number of hydrogen-bond donors (Lipinski definition) is 2. The third-order valence-electron chi connectivity index (χ3n) is 2.73. The Balaban J connectivity index is -0.000000431. The Bertz CT molecular complexity index is 590. The molecule has 164 valence electrons. The molecule has 0 aliphatic rings. The van der Waals surface area contributed by atoms with Gasteiger partial charge >= 0.3 is 18.1 Å². The van der Waals surface area contributed by atoms with Gasteiger partial charge in [0.25, 0.3) is 0 Å². The van der Waals surface area contributed by atoms with Gasteiger partial charge in [-0.1, -0.05) is 19.1 Å². The van der Waals surface area contributed by atoms with Crippen molar-refractivity contribution in [3.05, 3.63) is 35.4 Å². The summed E-state index contributed by atoms with van der Waals surface area (Å²) in [5.74, 6) is -0.561. The highest BCUT2D eigenvalue weighted by molar-refractivity contribution is 5.96. The summed E-state index contributed by atoms with van der Waals surface area (Å²) in [4.78, 5) is 48.9. The third kappa shape index (κ3) is 21.2. The lowest BCUT2D eigenvalue weighted by Crippen LogP contribution is -2.10. The molecule has 10 heteroatoms. The summed E-state index contributed by atoms with van der Waals surface area (Å²) in [5.41, 5.74) is 1.01. The van der Waals surface area contributed by atoms with Crippen LogP contribution in [0.2, 0.25) is 0 Å². The quantitative estimate of drug-likeness (QED) is 0.285. The van der Waals surface area contributed by atoms with Crippen LogP contribution in [0.25, 0.3) is 0 Å². The Morgan fingerprint density at radius 3 is 1.72 bits per heavy atom. The molecule has 0 saturated carbocycles. The molecule has 0 fully saturated rings. The minimum Gasteiger partial charge on any atom is -0.469 e. The van der Waals surface area contributed by atoms with Gasteiger partial charge in [-0.3, -0.25) is 9.59 Å². The molecule has 0 heterocycles. The first-order chi connectivity index (χ1) is 13.8. The van der Waals surface area contributed by atoms with Crippen molar-refractivity contribution in [3.63, 3.8) is 0 Å². The van der Waals surface area contributed by atoms with Gasteiger partial charge in [-0.05, 0) is 25.5 Å². The molecule has 0 unspecified atom stereocenters. The molecule has 1 aromatic rings. The van der Waals surface area contributed by atoms with Crippen LogP contribution in [0.1, 0.15) is 47.4 Å². The topological polar surface area (TPSA) is 153 Å². The molecule has 0 saturated heterocycles. The average Bonchev–Trinajstić information content (AvgIpc) is 2.70. The van der Waals surface area contributed by atoms with Gasteiger partial charge in [0, 0.05) is 19.1 Å². The number of ketones is 1. The van der Waals surface area contributed by atoms with Gasteiger partial charge in [-0.15, -0.1) is 0 Å². The Hall–Kier alpha value is -2.91. The second kappa shape index (κ2) is 23.1. The molecule has 0 spiro atoms. The zero-order valence-electron chi connectivity index (χ0n) is 17.0. The van der Waals surface area contributed by atoms with Crippen molar-refractivity contribution in [2.45, 2.75) is 26.7 Å². The summed E-state index contributed by atoms with van der Waals surface area (Å²) in [5, 5.41) is 14.2. The maximum Gasteiger partial charge on any atom is 0.373 e. The van der Waals surface area contributed by atoms with E-state index in [0.717, 1.165) is 6.42 Å². The van der Waals surface area contributed by atoms with Crippen LogP contribution >= 0.6 is 0 Å². The van der Waals surface area contributed by atoms with E-state index in [1.54, 1.807) is 24.3 Å². The molecule has 1 aromatic carbocycles. The number of hydrogen-bond acceptors (Lipinski definition) is 10. The lowest BCUT2D eigenvalue weighted by atomic mass is 10.1. The highest BCUT2D eigenvalue weighted by Crippen LogP contribution is 2.06. The van der Waals surface area contributed by atoms with E-state index in [1.165, 1.54) is 21.1 Å². The zero-order chi connectivity index (χ0) is 23.1. The van der Waals surface area contributed by atoms with Gasteiger partial charge in [-0.2, -0.15) is 9.59 Å². The van der Waals surface area contributed by atoms with E-state index < -0.39 is 12.8 Å². The van der Waals surface area contributed by atoms with Gasteiger partial charge in [0.15, 0.2) is 5.78 Å². The molecule has 29 heavy (non-hydrogen) atoms. The van der Waals surface area contributed by atoms with Crippen LogP contribution in [-0.2, 0) is 28.6 Å². The highest BCUT2D eigenvalue weighted by atomic mass is 16.6. The molecular weight excluding hydrogens is 388 g/mol. The standard InChI is InChI=1S/C12H14O4.C5H10O2.CH4O2.CO2/c1-9(13)10-3-5-11(6-4-10)12(14)16-8-7-15-2;1-3-4-5(6)7-2;2*2-1-3/h3-6H,7-8H2,1-2H3;3-4H2,1-2H3;2-3H,1H2;. The summed E-state index contributed by atoms with van der Waals surface area (Å²) in [7, 11) is 2.94. The normalized spacial score (nSPS) is 8.34. The van der Waals surface area contributed by atoms with Gasteiger partial charge in [0.2, 0.25) is 0 Å². The van der Waals surface area contributed by atoms with Crippen molar-refractivity contribution < 1.29 is 48.4 Å². The third-order valence-corrected chi connectivity index (χ3v) is 2.73. The monoisotopic (exact) mass is 416 g/mol. The summed E-state index contributed by atoms with van der Waals surface area (Å²) < 4.78 is 14.0. The van der Waals surface area contributed by atoms with Crippen LogP contribution in [-0.4, -0.2) is 68.3 Å². The molecular formula is C19H28O10. The smallest absolute Gasteiger partial charge is 0.373 e. The van der Waals surface area contributed by atoms with E-state index in [1.807, 2.05) is 6.92 Å². The van der Waals surface area contributed by atoms with E-state index in [-0.39, 0.29) is 24.5 Å². The minimum absolute atomic E-state index is 0.0284. The molecule has 0 atom stereocenters.